The lowest BCUT2D eigenvalue weighted by molar-refractivity contribution is -0.114. The molecule has 0 atom stereocenters. The van der Waals surface area contributed by atoms with E-state index in [9.17, 15) is 9.59 Å². The molecule has 0 unspecified atom stereocenters. The highest BCUT2D eigenvalue weighted by Crippen LogP contribution is 2.18. The highest BCUT2D eigenvalue weighted by Gasteiger charge is 2.18. The Morgan fingerprint density at radius 1 is 1.00 bits per heavy atom. The molecule has 2 amide bonds. The average Bonchev–Trinajstić information content (AvgIpc) is 2.77. The van der Waals surface area contributed by atoms with Gasteiger partial charge in [-0.25, -0.2) is 0 Å². The zero-order valence-corrected chi connectivity index (χ0v) is 17.8. The Morgan fingerprint density at radius 2 is 1.73 bits per heavy atom. The number of piperidine rings is 1. The van der Waals surface area contributed by atoms with Crippen LogP contribution in [-0.4, -0.2) is 43.0 Å². The molecule has 0 spiro atoms. The maximum atomic E-state index is 12.7. The van der Waals surface area contributed by atoms with Gasteiger partial charge < -0.3 is 20.3 Å². The smallest absolute Gasteiger partial charge is 0.253 e. The van der Waals surface area contributed by atoms with Gasteiger partial charge in [-0.3, -0.25) is 9.59 Å². The first-order chi connectivity index (χ1) is 14.5. The lowest BCUT2D eigenvalue weighted by atomic mass is 10.1. The van der Waals surface area contributed by atoms with Crippen LogP contribution in [0.5, 0.6) is 5.75 Å². The van der Waals surface area contributed by atoms with Gasteiger partial charge in [0.05, 0.1) is 13.2 Å². The predicted molar refractivity (Wildman–Crippen MR) is 120 cm³/mol. The standard InChI is InChI=1S/C24H31N3O3/c1-18(2)17-30-22-11-9-20(10-12-22)26-23(28)16-25-21-8-6-7-19(15-21)24(29)27-13-4-3-5-14-27/h6-12,15,18,25H,3-5,13-14,16-17H2,1-2H3,(H,26,28). The molecule has 0 aliphatic carbocycles. The van der Waals surface area contributed by atoms with E-state index in [0.29, 0.717) is 23.8 Å². The van der Waals surface area contributed by atoms with Crippen LogP contribution in [-0.2, 0) is 4.79 Å². The van der Waals surface area contributed by atoms with E-state index in [-0.39, 0.29) is 18.4 Å². The van der Waals surface area contributed by atoms with Gasteiger partial charge in [0.1, 0.15) is 5.75 Å². The number of hydrogen-bond acceptors (Lipinski definition) is 4. The van der Waals surface area contributed by atoms with Gasteiger partial charge in [0, 0.05) is 30.0 Å². The Kier molecular flexibility index (Phi) is 7.71. The fourth-order valence-electron chi connectivity index (χ4n) is 3.33. The van der Waals surface area contributed by atoms with Crippen molar-refractivity contribution in [2.75, 3.05) is 36.9 Å². The van der Waals surface area contributed by atoms with Crippen LogP contribution in [0.2, 0.25) is 0 Å². The van der Waals surface area contributed by atoms with E-state index in [2.05, 4.69) is 24.5 Å². The Balaban J connectivity index is 1.49. The van der Waals surface area contributed by atoms with Crippen molar-refractivity contribution in [1.29, 1.82) is 0 Å². The fourth-order valence-corrected chi connectivity index (χ4v) is 3.33. The van der Waals surface area contributed by atoms with Crippen LogP contribution in [0.1, 0.15) is 43.5 Å². The van der Waals surface area contributed by atoms with Gasteiger partial charge in [-0.1, -0.05) is 19.9 Å². The summed E-state index contributed by atoms with van der Waals surface area (Å²) in [6, 6.07) is 14.7. The molecular formula is C24H31N3O3. The van der Waals surface area contributed by atoms with Crippen molar-refractivity contribution in [1.82, 2.24) is 4.90 Å². The quantitative estimate of drug-likeness (QED) is 0.678. The average molecular weight is 410 g/mol. The van der Waals surface area contributed by atoms with Crippen molar-refractivity contribution in [2.45, 2.75) is 33.1 Å². The van der Waals surface area contributed by atoms with Gasteiger partial charge in [-0.05, 0) is 67.6 Å². The summed E-state index contributed by atoms with van der Waals surface area (Å²) in [4.78, 5) is 26.8. The molecule has 0 aromatic heterocycles. The number of ether oxygens (including phenoxy) is 1. The number of benzene rings is 2. The summed E-state index contributed by atoms with van der Waals surface area (Å²) in [5, 5.41) is 5.96. The SMILES string of the molecule is CC(C)COc1ccc(NC(=O)CNc2cccc(C(=O)N3CCCCC3)c2)cc1. The highest BCUT2D eigenvalue weighted by atomic mass is 16.5. The summed E-state index contributed by atoms with van der Waals surface area (Å²) in [5.74, 6) is 1.15. The third-order valence-electron chi connectivity index (χ3n) is 4.93. The normalized spacial score (nSPS) is 13.8. The number of carbonyl (C=O) groups is 2. The Labute approximate surface area is 178 Å². The molecule has 1 saturated heterocycles. The summed E-state index contributed by atoms with van der Waals surface area (Å²) >= 11 is 0. The van der Waals surface area contributed by atoms with Gasteiger partial charge in [0.2, 0.25) is 5.91 Å². The van der Waals surface area contributed by atoms with Crippen LogP contribution in [0.4, 0.5) is 11.4 Å². The molecule has 1 heterocycles. The molecule has 6 heteroatoms. The minimum Gasteiger partial charge on any atom is -0.493 e. The lowest BCUT2D eigenvalue weighted by Crippen LogP contribution is -2.35. The van der Waals surface area contributed by atoms with Gasteiger partial charge >= 0.3 is 0 Å². The first-order valence-corrected chi connectivity index (χ1v) is 10.7. The number of hydrogen-bond donors (Lipinski definition) is 2. The Bertz CT molecular complexity index is 843. The fraction of sp³-hybridized carbons (Fsp3) is 0.417. The van der Waals surface area contributed by atoms with Crippen LogP contribution in [0.15, 0.2) is 48.5 Å². The van der Waals surface area contributed by atoms with Crippen LogP contribution in [0.25, 0.3) is 0 Å². The number of likely N-dealkylation sites (tertiary alicyclic amines) is 1. The third-order valence-corrected chi connectivity index (χ3v) is 4.93. The molecule has 1 aliphatic heterocycles. The molecule has 1 aliphatic rings. The van der Waals surface area contributed by atoms with Crippen LogP contribution in [0, 0.1) is 5.92 Å². The van der Waals surface area contributed by atoms with Crippen molar-refractivity contribution in [3.63, 3.8) is 0 Å². The van der Waals surface area contributed by atoms with Crippen molar-refractivity contribution < 1.29 is 14.3 Å². The predicted octanol–water partition coefficient (Wildman–Crippen LogP) is 4.40. The van der Waals surface area contributed by atoms with E-state index in [0.717, 1.165) is 37.4 Å². The molecule has 0 radical (unpaired) electrons. The van der Waals surface area contributed by atoms with Gasteiger partial charge in [-0.15, -0.1) is 0 Å². The topological polar surface area (TPSA) is 70.7 Å². The van der Waals surface area contributed by atoms with Crippen molar-refractivity contribution in [3.05, 3.63) is 54.1 Å². The number of rotatable bonds is 8. The van der Waals surface area contributed by atoms with Crippen LogP contribution < -0.4 is 15.4 Å². The summed E-state index contributed by atoms with van der Waals surface area (Å²) < 4.78 is 5.65. The molecule has 30 heavy (non-hydrogen) atoms. The van der Waals surface area contributed by atoms with Crippen LogP contribution >= 0.6 is 0 Å². The zero-order valence-electron chi connectivity index (χ0n) is 17.8. The maximum absolute atomic E-state index is 12.7. The summed E-state index contributed by atoms with van der Waals surface area (Å²) in [6.45, 7) is 6.62. The molecule has 6 nitrogen and oxygen atoms in total. The van der Waals surface area contributed by atoms with Crippen molar-refractivity contribution in [3.8, 4) is 5.75 Å². The third kappa shape index (κ3) is 6.51. The molecule has 0 saturated carbocycles. The van der Waals surface area contributed by atoms with E-state index < -0.39 is 0 Å². The Morgan fingerprint density at radius 3 is 2.43 bits per heavy atom. The minimum absolute atomic E-state index is 0.0579. The van der Waals surface area contributed by atoms with E-state index in [4.69, 9.17) is 4.74 Å². The number of nitrogens with zero attached hydrogens (tertiary/aromatic N) is 1. The summed E-state index contributed by atoms with van der Waals surface area (Å²) in [5.41, 5.74) is 2.12. The van der Waals surface area contributed by atoms with Crippen LogP contribution in [0.3, 0.4) is 0 Å². The van der Waals surface area contributed by atoms with E-state index in [1.165, 1.54) is 6.42 Å². The van der Waals surface area contributed by atoms with Gasteiger partial charge in [0.15, 0.2) is 0 Å². The summed E-state index contributed by atoms with van der Waals surface area (Å²) in [7, 11) is 0. The van der Waals surface area contributed by atoms with Gasteiger partial charge in [0.25, 0.3) is 5.91 Å². The molecule has 160 valence electrons. The number of nitrogens with one attached hydrogen (secondary N) is 2. The van der Waals surface area contributed by atoms with E-state index >= 15 is 0 Å². The molecule has 2 aromatic carbocycles. The van der Waals surface area contributed by atoms with Crippen molar-refractivity contribution >= 4 is 23.2 Å². The molecule has 1 fully saturated rings. The lowest BCUT2D eigenvalue weighted by Gasteiger charge is -2.26. The number of carbonyl (C=O) groups excluding carboxylic acids is 2. The molecular weight excluding hydrogens is 378 g/mol. The maximum Gasteiger partial charge on any atom is 0.253 e. The van der Waals surface area contributed by atoms with E-state index in [1.807, 2.05) is 53.4 Å². The second-order valence-electron chi connectivity index (χ2n) is 8.06. The summed E-state index contributed by atoms with van der Waals surface area (Å²) in [6.07, 6.45) is 3.32. The first-order valence-electron chi connectivity index (χ1n) is 10.7. The first kappa shape index (κ1) is 21.7. The minimum atomic E-state index is -0.154. The Hall–Kier alpha value is -3.02. The molecule has 2 aromatic rings. The van der Waals surface area contributed by atoms with E-state index in [1.54, 1.807) is 0 Å². The van der Waals surface area contributed by atoms with Crippen molar-refractivity contribution in [2.24, 2.45) is 5.92 Å². The largest absolute Gasteiger partial charge is 0.493 e. The number of amides is 2. The second kappa shape index (κ2) is 10.7. The zero-order chi connectivity index (χ0) is 21.3. The van der Waals surface area contributed by atoms with Gasteiger partial charge in [-0.2, -0.15) is 0 Å². The second-order valence-corrected chi connectivity index (χ2v) is 8.06. The monoisotopic (exact) mass is 409 g/mol. The molecule has 3 rings (SSSR count). The number of anilines is 2. The highest BCUT2D eigenvalue weighted by molar-refractivity contribution is 5.96. The molecule has 2 N–H and O–H groups in total. The molecule has 0 bridgehead atoms.